The summed E-state index contributed by atoms with van der Waals surface area (Å²) in [6, 6.07) is -0.758. The van der Waals surface area contributed by atoms with Crippen LogP contribution in [0.4, 0.5) is 0 Å². The number of nitrogens with two attached hydrogens (primary N) is 1. The van der Waals surface area contributed by atoms with Crippen molar-refractivity contribution in [3.63, 3.8) is 0 Å². The number of nitrogens with one attached hydrogen (secondary N) is 2. The fourth-order valence-corrected chi connectivity index (χ4v) is 0.745. The van der Waals surface area contributed by atoms with Gasteiger partial charge in [0, 0.05) is 12.8 Å². The molecule has 0 amide bonds. The van der Waals surface area contributed by atoms with Gasteiger partial charge in [-0.05, 0) is 19.4 Å². The van der Waals surface area contributed by atoms with Crippen molar-refractivity contribution in [2.75, 3.05) is 13.1 Å². The number of hydrogen-bond donors (Lipinski definition) is 4. The van der Waals surface area contributed by atoms with E-state index in [1.54, 1.807) is 0 Å². The van der Waals surface area contributed by atoms with Crippen molar-refractivity contribution in [2.24, 2.45) is 5.73 Å². The minimum atomic E-state index is -0.956. The molecule has 0 radical (unpaired) electrons. The highest BCUT2D eigenvalue weighted by molar-refractivity contribution is 5.85. The van der Waals surface area contributed by atoms with Crippen LogP contribution in [-0.2, 0) is 4.79 Å². The van der Waals surface area contributed by atoms with Crippen LogP contribution in [0.2, 0.25) is 0 Å². The van der Waals surface area contributed by atoms with Crippen molar-refractivity contribution in [1.82, 2.24) is 5.32 Å². The molecule has 14 heavy (non-hydrogen) atoms. The molecular formula is C7H17Cl2N3O2. The monoisotopic (exact) mass is 245 g/mol. The first-order valence-electron chi connectivity index (χ1n) is 3.86. The Kier molecular flexibility index (Phi) is 17.4. The molecule has 0 spiro atoms. The third kappa shape index (κ3) is 11.6. The number of carboxylic acids is 1. The first-order valence-corrected chi connectivity index (χ1v) is 3.86. The lowest BCUT2D eigenvalue weighted by Crippen LogP contribution is -2.31. The minimum Gasteiger partial charge on any atom is -0.480 e. The van der Waals surface area contributed by atoms with Crippen molar-refractivity contribution in [2.45, 2.75) is 18.9 Å². The van der Waals surface area contributed by atoms with E-state index in [0.29, 0.717) is 19.5 Å². The zero-order valence-corrected chi connectivity index (χ0v) is 9.37. The normalized spacial score (nSPS) is 10.6. The average Bonchev–Trinajstić information content (AvgIpc) is 2.03. The SMILES string of the molecule is Cl.Cl.N=CCNCCC[C@H](N)C(=O)O. The van der Waals surface area contributed by atoms with Gasteiger partial charge in [-0.2, -0.15) is 0 Å². The van der Waals surface area contributed by atoms with E-state index in [1.807, 2.05) is 0 Å². The smallest absolute Gasteiger partial charge is 0.320 e. The van der Waals surface area contributed by atoms with Gasteiger partial charge in [0.1, 0.15) is 6.04 Å². The van der Waals surface area contributed by atoms with Crippen LogP contribution < -0.4 is 11.1 Å². The number of halogens is 2. The summed E-state index contributed by atoms with van der Waals surface area (Å²) in [4.78, 5) is 10.2. The first-order chi connectivity index (χ1) is 5.68. The van der Waals surface area contributed by atoms with Gasteiger partial charge in [-0.3, -0.25) is 4.79 Å². The fraction of sp³-hybridized carbons (Fsp3) is 0.714. The second kappa shape index (κ2) is 12.6. The molecule has 0 heterocycles. The molecular weight excluding hydrogens is 229 g/mol. The van der Waals surface area contributed by atoms with E-state index in [-0.39, 0.29) is 24.8 Å². The summed E-state index contributed by atoms with van der Waals surface area (Å²) in [7, 11) is 0. The van der Waals surface area contributed by atoms with Gasteiger partial charge in [-0.15, -0.1) is 24.8 Å². The third-order valence-electron chi connectivity index (χ3n) is 1.43. The number of aliphatic carboxylic acids is 1. The van der Waals surface area contributed by atoms with E-state index < -0.39 is 12.0 Å². The Morgan fingerprint density at radius 1 is 1.57 bits per heavy atom. The second-order valence-electron chi connectivity index (χ2n) is 2.50. The summed E-state index contributed by atoms with van der Waals surface area (Å²) in [5.74, 6) is -0.956. The number of hydrogen-bond acceptors (Lipinski definition) is 4. The molecule has 0 rings (SSSR count). The fourth-order valence-electron chi connectivity index (χ4n) is 0.745. The maximum Gasteiger partial charge on any atom is 0.320 e. The van der Waals surface area contributed by atoms with Gasteiger partial charge in [0.15, 0.2) is 0 Å². The lowest BCUT2D eigenvalue weighted by atomic mass is 10.2. The van der Waals surface area contributed by atoms with Gasteiger partial charge >= 0.3 is 5.97 Å². The summed E-state index contributed by atoms with van der Waals surface area (Å²) >= 11 is 0. The van der Waals surface area contributed by atoms with Crippen LogP contribution in [0.5, 0.6) is 0 Å². The Bertz CT molecular complexity index is 158. The van der Waals surface area contributed by atoms with E-state index in [4.69, 9.17) is 16.2 Å². The molecule has 0 saturated carbocycles. The molecule has 5 N–H and O–H groups in total. The maximum atomic E-state index is 10.2. The van der Waals surface area contributed by atoms with Gasteiger partial charge in [0.25, 0.3) is 0 Å². The third-order valence-corrected chi connectivity index (χ3v) is 1.43. The predicted octanol–water partition coefficient (Wildman–Crippen LogP) is 0.261. The molecule has 7 heteroatoms. The largest absolute Gasteiger partial charge is 0.480 e. The standard InChI is InChI=1S/C7H15N3O2.2ClH/c8-3-5-10-4-1-2-6(9)7(11)12;;/h3,6,8,10H,1-2,4-5,9H2,(H,11,12);2*1H/t6-;;/m0../s1. The summed E-state index contributed by atoms with van der Waals surface area (Å²) < 4.78 is 0. The van der Waals surface area contributed by atoms with Crippen molar-refractivity contribution in [3.05, 3.63) is 0 Å². The molecule has 0 saturated heterocycles. The number of carbonyl (C=O) groups is 1. The summed E-state index contributed by atoms with van der Waals surface area (Å²) in [6.07, 6.45) is 2.46. The minimum absolute atomic E-state index is 0. The van der Waals surface area contributed by atoms with E-state index in [9.17, 15) is 4.79 Å². The van der Waals surface area contributed by atoms with Crippen molar-refractivity contribution >= 4 is 37.0 Å². The maximum absolute atomic E-state index is 10.2. The van der Waals surface area contributed by atoms with E-state index in [0.717, 1.165) is 6.42 Å². The van der Waals surface area contributed by atoms with Crippen LogP contribution in [0.3, 0.4) is 0 Å². The van der Waals surface area contributed by atoms with Crippen molar-refractivity contribution in [3.8, 4) is 0 Å². The second-order valence-corrected chi connectivity index (χ2v) is 2.50. The molecule has 1 atom stereocenters. The van der Waals surface area contributed by atoms with Gasteiger partial charge < -0.3 is 21.6 Å². The molecule has 0 aromatic heterocycles. The van der Waals surface area contributed by atoms with Crippen LogP contribution in [-0.4, -0.2) is 36.4 Å². The van der Waals surface area contributed by atoms with E-state index in [1.165, 1.54) is 6.21 Å². The summed E-state index contributed by atoms with van der Waals surface area (Å²) in [5, 5.41) is 18.0. The van der Waals surface area contributed by atoms with Crippen LogP contribution in [0, 0.1) is 5.41 Å². The van der Waals surface area contributed by atoms with Gasteiger partial charge in [-0.25, -0.2) is 0 Å². The van der Waals surface area contributed by atoms with E-state index in [2.05, 4.69) is 5.32 Å². The predicted molar refractivity (Wildman–Crippen MR) is 61.0 cm³/mol. The molecule has 5 nitrogen and oxygen atoms in total. The van der Waals surface area contributed by atoms with E-state index >= 15 is 0 Å². The van der Waals surface area contributed by atoms with Crippen molar-refractivity contribution < 1.29 is 9.90 Å². The zero-order chi connectivity index (χ0) is 9.40. The first kappa shape index (κ1) is 19.2. The Hall–Kier alpha value is -0.360. The van der Waals surface area contributed by atoms with Gasteiger partial charge in [0.05, 0.1) is 0 Å². The summed E-state index contributed by atoms with van der Waals surface area (Å²) in [6.45, 7) is 1.23. The van der Waals surface area contributed by atoms with Crippen LogP contribution in [0.25, 0.3) is 0 Å². The molecule has 0 aromatic rings. The van der Waals surface area contributed by atoms with Gasteiger partial charge in [0.2, 0.25) is 0 Å². The molecule has 0 aliphatic rings. The topological polar surface area (TPSA) is 99.2 Å². The Balaban J connectivity index is -0.000000605. The molecule has 0 fully saturated rings. The quantitative estimate of drug-likeness (QED) is 0.382. The average molecular weight is 246 g/mol. The molecule has 0 aliphatic carbocycles. The Morgan fingerprint density at radius 2 is 2.14 bits per heavy atom. The Labute approximate surface area is 95.8 Å². The highest BCUT2D eigenvalue weighted by Gasteiger charge is 2.09. The van der Waals surface area contributed by atoms with Crippen LogP contribution in [0.15, 0.2) is 0 Å². The number of rotatable bonds is 7. The lowest BCUT2D eigenvalue weighted by molar-refractivity contribution is -0.138. The number of carboxylic acid groups (broad SMARTS) is 1. The van der Waals surface area contributed by atoms with Crippen LogP contribution in [0.1, 0.15) is 12.8 Å². The Morgan fingerprint density at radius 3 is 2.57 bits per heavy atom. The van der Waals surface area contributed by atoms with Crippen LogP contribution >= 0.6 is 24.8 Å². The van der Waals surface area contributed by atoms with Crippen molar-refractivity contribution in [1.29, 1.82) is 5.41 Å². The molecule has 0 aromatic carbocycles. The highest BCUT2D eigenvalue weighted by Crippen LogP contribution is 1.92. The van der Waals surface area contributed by atoms with Gasteiger partial charge in [-0.1, -0.05) is 0 Å². The molecule has 0 unspecified atom stereocenters. The zero-order valence-electron chi connectivity index (χ0n) is 7.73. The molecule has 86 valence electrons. The molecule has 0 aliphatic heterocycles. The molecule has 0 bridgehead atoms. The highest BCUT2D eigenvalue weighted by atomic mass is 35.5. The summed E-state index contributed by atoms with van der Waals surface area (Å²) in [5.41, 5.74) is 5.26. The lowest BCUT2D eigenvalue weighted by Gasteiger charge is -2.05.